The smallest absolute Gasteiger partial charge is 0.459 e. The largest absolute Gasteiger partial charge is 0.508 e. The minimum atomic E-state index is -1.98. The summed E-state index contributed by atoms with van der Waals surface area (Å²) in [5.41, 5.74) is -1.54. The number of aliphatic hydroxyl groups excluding tert-OH is 2. The van der Waals surface area contributed by atoms with E-state index in [4.69, 9.17) is 23.7 Å². The van der Waals surface area contributed by atoms with Crippen molar-refractivity contribution < 1.29 is 58.5 Å². The molecule has 2 heterocycles. The highest BCUT2D eigenvalue weighted by molar-refractivity contribution is 5.95. The summed E-state index contributed by atoms with van der Waals surface area (Å²) >= 11 is 0. The van der Waals surface area contributed by atoms with Gasteiger partial charge in [0.05, 0.1) is 49.1 Å². The van der Waals surface area contributed by atoms with Crippen molar-refractivity contribution in [2.24, 2.45) is 23.7 Å². The molecule has 1 amide bonds. The van der Waals surface area contributed by atoms with E-state index < -0.39 is 95.8 Å². The number of benzene rings is 2. The second kappa shape index (κ2) is 19.6. The van der Waals surface area contributed by atoms with E-state index in [9.17, 15) is 34.8 Å². The number of hydrogen-bond donors (Lipinski definition) is 5. The molecule has 14 nitrogen and oxygen atoms in total. The fraction of sp³-hybridized carbons (Fsp3) is 0.659. The van der Waals surface area contributed by atoms with Gasteiger partial charge in [0.2, 0.25) is 0 Å². The second-order valence-electron chi connectivity index (χ2n) is 17.2. The summed E-state index contributed by atoms with van der Waals surface area (Å²) in [6.45, 7) is 13.1. The van der Waals surface area contributed by atoms with Gasteiger partial charge in [-0.3, -0.25) is 9.59 Å². The number of cyclic esters (lactones) is 1. The molecule has 0 aliphatic carbocycles. The Hall–Kier alpha value is -3.63. The second-order valence-corrected chi connectivity index (χ2v) is 17.2. The normalized spacial score (nSPS) is 37.9. The maximum atomic E-state index is 14.0. The van der Waals surface area contributed by atoms with Gasteiger partial charge in [-0.15, -0.1) is 0 Å². The number of hydrogen-bond acceptors (Lipinski definition) is 13. The summed E-state index contributed by atoms with van der Waals surface area (Å²) in [4.78, 5) is 42.1. The van der Waals surface area contributed by atoms with Gasteiger partial charge >= 0.3 is 12.1 Å². The van der Waals surface area contributed by atoms with Crippen molar-refractivity contribution in [3.63, 3.8) is 0 Å². The number of esters is 1. The lowest BCUT2D eigenvalue weighted by Crippen LogP contribution is -2.62. The third-order valence-electron chi connectivity index (χ3n) is 12.3. The summed E-state index contributed by atoms with van der Waals surface area (Å²) < 4.78 is 29.3. The number of nitrogens with one attached hydrogen (secondary N) is 1. The molecule has 2 aliphatic heterocycles. The molecule has 0 aromatic heterocycles. The van der Waals surface area contributed by atoms with E-state index in [-0.39, 0.29) is 25.0 Å². The van der Waals surface area contributed by atoms with Crippen molar-refractivity contribution in [3.05, 3.63) is 60.2 Å². The van der Waals surface area contributed by atoms with Gasteiger partial charge in [-0.05, 0) is 90.2 Å². The Balaban J connectivity index is 1.78. The first kappa shape index (κ1) is 47.1. The number of carbonyl (C=O) groups excluding carboxylic acids is 3. The number of rotatable bonds is 8. The molecule has 5 N–H and O–H groups in total. The van der Waals surface area contributed by atoms with Crippen LogP contribution in [-0.2, 0) is 28.5 Å². The molecule has 15 atom stereocenters. The first-order valence-corrected chi connectivity index (χ1v) is 20.3. The van der Waals surface area contributed by atoms with Gasteiger partial charge in [-0.2, -0.15) is 0 Å². The van der Waals surface area contributed by atoms with E-state index >= 15 is 0 Å². The van der Waals surface area contributed by atoms with Crippen molar-refractivity contribution in [2.45, 2.75) is 141 Å². The lowest BCUT2D eigenvalue weighted by Gasteiger charge is -2.48. The van der Waals surface area contributed by atoms with E-state index in [0.29, 0.717) is 12.0 Å². The average molecular weight is 815 g/mol. The quantitative estimate of drug-likeness (QED) is 0.234. The highest BCUT2D eigenvalue weighted by Crippen LogP contribution is 2.39. The van der Waals surface area contributed by atoms with Crippen LogP contribution in [-0.4, -0.2) is 131 Å². The Morgan fingerprint density at radius 3 is 2.10 bits per heavy atom. The highest BCUT2D eigenvalue weighted by Gasteiger charge is 2.52. The van der Waals surface area contributed by atoms with Crippen LogP contribution in [0.3, 0.4) is 0 Å². The third kappa shape index (κ3) is 10.8. The van der Waals surface area contributed by atoms with Crippen LogP contribution in [0, 0.1) is 23.7 Å². The molecule has 0 spiro atoms. The molecular formula is C44H66N2O12. The molecule has 2 aliphatic rings. The molecule has 324 valence electrons. The minimum absolute atomic E-state index is 0.0657. The minimum Gasteiger partial charge on any atom is -0.459 e. The Kier molecular flexibility index (Phi) is 15.9. The number of methoxy groups -OCH3 is 1. The first-order valence-electron chi connectivity index (χ1n) is 20.3. The molecule has 2 aromatic rings. The summed E-state index contributed by atoms with van der Waals surface area (Å²) in [5, 5.41) is 51.3. The Labute approximate surface area is 343 Å². The Bertz CT molecular complexity index is 1650. The monoisotopic (exact) mass is 814 g/mol. The van der Waals surface area contributed by atoms with Crippen LogP contribution >= 0.6 is 0 Å². The lowest BCUT2D eigenvalue weighted by molar-refractivity contribution is -0.300. The van der Waals surface area contributed by atoms with E-state index in [1.54, 1.807) is 32.9 Å². The van der Waals surface area contributed by atoms with Crippen LogP contribution in [0.25, 0.3) is 11.1 Å². The fourth-order valence-corrected chi connectivity index (χ4v) is 8.83. The zero-order valence-electron chi connectivity index (χ0n) is 35.8. The van der Waals surface area contributed by atoms with Crippen LogP contribution < -0.4 is 5.32 Å². The fourth-order valence-electron chi connectivity index (χ4n) is 8.83. The topological polar surface area (TPSA) is 194 Å². The molecule has 2 fully saturated rings. The molecule has 2 aromatic carbocycles. The number of carbonyl (C=O) groups is 3. The number of aliphatic hydroxyl groups is 4. The van der Waals surface area contributed by atoms with E-state index in [2.05, 4.69) is 5.32 Å². The third-order valence-corrected chi connectivity index (χ3v) is 12.3. The Morgan fingerprint density at radius 1 is 0.931 bits per heavy atom. The SMILES string of the molecule is CC[C@H]1OC(=O)[C@H](C)[C@@H](O)[C@H](C)[C@@H](O[C@@H]2O[C@H](C)C[C@H](N(C)C)[C@H]2OC(=O)OC)[C@](C)(O)C[C@@H](C)[C@H](NC(=O)c2ccc(-c3ccccc3)cc2)[C@H](C)[C@@H](O)[C@]1(C)O. The molecule has 2 saturated heterocycles. The summed E-state index contributed by atoms with van der Waals surface area (Å²) in [6, 6.07) is 15.6. The average Bonchev–Trinajstić information content (AvgIpc) is 3.19. The van der Waals surface area contributed by atoms with Crippen molar-refractivity contribution in [1.29, 1.82) is 0 Å². The maximum Gasteiger partial charge on any atom is 0.508 e. The van der Waals surface area contributed by atoms with Crippen molar-refractivity contribution >= 4 is 18.0 Å². The van der Waals surface area contributed by atoms with Crippen LogP contribution in [0.1, 0.15) is 85.0 Å². The predicted octanol–water partition coefficient (Wildman–Crippen LogP) is 4.55. The molecular weight excluding hydrogens is 748 g/mol. The zero-order chi connectivity index (χ0) is 43.3. The van der Waals surface area contributed by atoms with Gasteiger partial charge in [-0.25, -0.2) is 4.79 Å². The van der Waals surface area contributed by atoms with Gasteiger partial charge in [0.1, 0.15) is 11.7 Å². The van der Waals surface area contributed by atoms with E-state index in [1.807, 2.05) is 75.3 Å². The molecule has 0 saturated carbocycles. The van der Waals surface area contributed by atoms with Crippen molar-refractivity contribution in [1.82, 2.24) is 10.2 Å². The van der Waals surface area contributed by atoms with Gasteiger partial charge in [0.25, 0.3) is 5.91 Å². The maximum absolute atomic E-state index is 14.0. The number of amides is 1. The van der Waals surface area contributed by atoms with Crippen molar-refractivity contribution in [2.75, 3.05) is 21.2 Å². The number of nitrogens with zero attached hydrogens (tertiary/aromatic N) is 1. The zero-order valence-corrected chi connectivity index (χ0v) is 35.8. The van der Waals surface area contributed by atoms with Crippen LogP contribution in [0.4, 0.5) is 4.79 Å². The summed E-state index contributed by atoms with van der Waals surface area (Å²) in [6.07, 6.45) is -8.48. The van der Waals surface area contributed by atoms with Crippen LogP contribution in [0.5, 0.6) is 0 Å². The Morgan fingerprint density at radius 2 is 1.53 bits per heavy atom. The molecule has 0 radical (unpaired) electrons. The van der Waals surface area contributed by atoms with Crippen molar-refractivity contribution in [3.8, 4) is 11.1 Å². The molecule has 4 rings (SSSR count). The van der Waals surface area contributed by atoms with Gasteiger partial charge in [0.15, 0.2) is 12.4 Å². The molecule has 0 bridgehead atoms. The summed E-state index contributed by atoms with van der Waals surface area (Å²) in [5.74, 6) is -4.87. The van der Waals surface area contributed by atoms with Crippen LogP contribution in [0.15, 0.2) is 54.6 Å². The highest BCUT2D eigenvalue weighted by atomic mass is 16.8. The summed E-state index contributed by atoms with van der Waals surface area (Å²) in [7, 11) is 4.84. The molecule has 14 heteroatoms. The number of likely N-dealkylation sites (N-methyl/N-ethyl adjacent to an activating group) is 1. The molecule has 58 heavy (non-hydrogen) atoms. The first-order chi connectivity index (χ1) is 27.1. The van der Waals surface area contributed by atoms with E-state index in [1.165, 1.54) is 27.9 Å². The van der Waals surface area contributed by atoms with Gasteiger partial charge in [0, 0.05) is 23.4 Å². The lowest BCUT2D eigenvalue weighted by atomic mass is 9.72. The van der Waals surface area contributed by atoms with Crippen LogP contribution in [0.2, 0.25) is 0 Å². The van der Waals surface area contributed by atoms with Gasteiger partial charge in [-0.1, -0.05) is 70.2 Å². The van der Waals surface area contributed by atoms with Gasteiger partial charge < -0.3 is 54.3 Å². The molecule has 0 unspecified atom stereocenters. The number of ether oxygens (including phenoxy) is 5. The van der Waals surface area contributed by atoms with E-state index in [0.717, 1.165) is 11.1 Å². The predicted molar refractivity (Wildman–Crippen MR) is 216 cm³/mol. The standard InChI is InChI=1S/C44H66N2O12/c1-12-33-44(8,53)37(48)26(4)34(45-39(49)31-20-18-30(19-21-31)29-16-14-13-15-17-29)24(2)23-43(7,52)38(27(5)35(47)28(6)40(50)56-33)58-41-36(57-42(51)54-11)32(46(9)10)22-25(3)55-41/h13-21,24-28,32-38,41,47-48,52-53H,12,22-23H2,1-11H3,(H,45,49)/t24-,25-,26+,27+,28-,32+,33-,34+,35+,36-,37-,38-,41+,43-,44-/m1/s1.